The van der Waals surface area contributed by atoms with E-state index in [4.69, 9.17) is 0 Å². The van der Waals surface area contributed by atoms with Crippen molar-refractivity contribution in [1.82, 2.24) is 25.0 Å². The number of aryl methyl sites for hydroxylation is 1. The maximum Gasteiger partial charge on any atom is 0.251 e. The molecule has 0 aliphatic carbocycles. The maximum absolute atomic E-state index is 12.5. The molecule has 0 unspecified atom stereocenters. The summed E-state index contributed by atoms with van der Waals surface area (Å²) in [5, 5.41) is 14.2. The van der Waals surface area contributed by atoms with Crippen molar-refractivity contribution in [3.8, 4) is 0 Å². The molecule has 0 spiro atoms. The highest BCUT2D eigenvalue weighted by molar-refractivity contribution is 7.99. The van der Waals surface area contributed by atoms with Gasteiger partial charge in [0, 0.05) is 31.4 Å². The van der Waals surface area contributed by atoms with Crippen LogP contribution in [0.25, 0.3) is 0 Å². The predicted molar refractivity (Wildman–Crippen MR) is 129 cm³/mol. The van der Waals surface area contributed by atoms with Gasteiger partial charge >= 0.3 is 0 Å². The van der Waals surface area contributed by atoms with Crippen LogP contribution in [0.1, 0.15) is 34.3 Å². The Morgan fingerprint density at radius 3 is 2.36 bits per heavy atom. The second-order valence-corrected chi connectivity index (χ2v) is 9.06. The van der Waals surface area contributed by atoms with Crippen molar-refractivity contribution in [2.24, 2.45) is 7.05 Å². The number of nitrogens with one attached hydrogen (secondary N) is 2. The van der Waals surface area contributed by atoms with Crippen LogP contribution in [0.15, 0.2) is 60.0 Å². The zero-order valence-corrected chi connectivity index (χ0v) is 19.5. The molecule has 0 radical (unpaired) electrons. The summed E-state index contributed by atoms with van der Waals surface area (Å²) in [4.78, 5) is 27.1. The van der Waals surface area contributed by atoms with Crippen LogP contribution in [-0.2, 0) is 24.9 Å². The Morgan fingerprint density at radius 2 is 1.70 bits per heavy atom. The number of likely N-dealkylation sites (tertiary alicyclic amines) is 1. The van der Waals surface area contributed by atoms with Gasteiger partial charge in [0.15, 0.2) is 5.16 Å². The molecule has 0 saturated carbocycles. The molecule has 9 heteroatoms. The van der Waals surface area contributed by atoms with Crippen molar-refractivity contribution in [2.45, 2.75) is 31.1 Å². The molecule has 1 aliphatic heterocycles. The topological polar surface area (TPSA) is 92.1 Å². The third-order valence-electron chi connectivity index (χ3n) is 5.51. The number of benzene rings is 2. The van der Waals surface area contributed by atoms with Crippen LogP contribution in [-0.4, -0.2) is 50.3 Å². The van der Waals surface area contributed by atoms with E-state index in [1.54, 1.807) is 35.2 Å². The summed E-state index contributed by atoms with van der Waals surface area (Å²) < 4.78 is 1.76. The molecule has 33 heavy (non-hydrogen) atoms. The van der Waals surface area contributed by atoms with Crippen molar-refractivity contribution in [3.05, 3.63) is 71.5 Å². The molecule has 1 aliphatic rings. The fourth-order valence-electron chi connectivity index (χ4n) is 3.68. The van der Waals surface area contributed by atoms with E-state index in [0.717, 1.165) is 12.1 Å². The largest absolute Gasteiger partial charge is 0.348 e. The second kappa shape index (κ2) is 11.1. The molecule has 2 heterocycles. The minimum absolute atomic E-state index is 0.145. The van der Waals surface area contributed by atoms with Crippen molar-refractivity contribution < 1.29 is 9.59 Å². The maximum atomic E-state index is 12.5. The average molecular weight is 465 g/mol. The SMILES string of the molecule is Cn1cnnc1SCC(=O)Nc1ccc(C(=O)NCc2ccc(CN3CCCC3)cc2)cc1. The van der Waals surface area contributed by atoms with E-state index in [-0.39, 0.29) is 17.6 Å². The average Bonchev–Trinajstić information content (AvgIpc) is 3.49. The molecular formula is C24H28N6O2S. The van der Waals surface area contributed by atoms with Crippen LogP contribution < -0.4 is 10.6 Å². The summed E-state index contributed by atoms with van der Waals surface area (Å²) in [6, 6.07) is 15.3. The summed E-state index contributed by atoms with van der Waals surface area (Å²) in [6.45, 7) is 3.83. The van der Waals surface area contributed by atoms with Gasteiger partial charge in [-0.1, -0.05) is 36.0 Å². The Morgan fingerprint density at radius 1 is 1.00 bits per heavy atom. The molecule has 1 aromatic heterocycles. The number of anilines is 1. The number of aromatic nitrogens is 3. The molecule has 2 N–H and O–H groups in total. The van der Waals surface area contributed by atoms with E-state index in [1.807, 2.05) is 7.05 Å². The lowest BCUT2D eigenvalue weighted by molar-refractivity contribution is -0.113. The first-order valence-electron chi connectivity index (χ1n) is 11.0. The minimum atomic E-state index is -0.146. The molecule has 1 fully saturated rings. The number of hydrogen-bond acceptors (Lipinski definition) is 6. The van der Waals surface area contributed by atoms with Gasteiger partial charge in [0.2, 0.25) is 5.91 Å². The van der Waals surface area contributed by atoms with E-state index >= 15 is 0 Å². The highest BCUT2D eigenvalue weighted by Crippen LogP contribution is 2.16. The van der Waals surface area contributed by atoms with Crippen LogP contribution in [0.4, 0.5) is 5.69 Å². The second-order valence-electron chi connectivity index (χ2n) is 8.12. The number of rotatable bonds is 9. The molecule has 2 amide bonds. The molecule has 8 nitrogen and oxygen atoms in total. The van der Waals surface area contributed by atoms with Crippen LogP contribution in [0, 0.1) is 0 Å². The van der Waals surface area contributed by atoms with Crippen molar-refractivity contribution in [2.75, 3.05) is 24.2 Å². The van der Waals surface area contributed by atoms with Crippen LogP contribution >= 0.6 is 11.8 Å². The van der Waals surface area contributed by atoms with Crippen LogP contribution in [0.5, 0.6) is 0 Å². The first kappa shape index (κ1) is 23.0. The van der Waals surface area contributed by atoms with Gasteiger partial charge in [-0.15, -0.1) is 10.2 Å². The van der Waals surface area contributed by atoms with Crippen molar-refractivity contribution in [3.63, 3.8) is 0 Å². The van der Waals surface area contributed by atoms with Crippen molar-refractivity contribution >= 4 is 29.3 Å². The smallest absolute Gasteiger partial charge is 0.251 e. The monoisotopic (exact) mass is 464 g/mol. The molecule has 4 rings (SSSR count). The quantitative estimate of drug-likeness (QED) is 0.473. The Balaban J connectivity index is 1.21. The summed E-state index contributed by atoms with van der Waals surface area (Å²) in [5.74, 6) is -0.0637. The normalized spacial score (nSPS) is 13.7. The molecule has 172 valence electrons. The van der Waals surface area contributed by atoms with Crippen LogP contribution in [0.2, 0.25) is 0 Å². The molecule has 3 aromatic rings. The molecule has 2 aromatic carbocycles. The first-order chi connectivity index (χ1) is 16.1. The fraction of sp³-hybridized carbons (Fsp3) is 0.333. The Hall–Kier alpha value is -3.17. The molecule has 0 atom stereocenters. The van der Waals surface area contributed by atoms with Gasteiger partial charge in [-0.05, 0) is 61.3 Å². The Labute approximate surface area is 197 Å². The lowest BCUT2D eigenvalue weighted by atomic mass is 10.1. The number of thioether (sulfide) groups is 1. The standard InChI is InChI=1S/C24H28N6O2S/c1-29-17-26-28-24(29)33-16-22(31)27-21-10-8-20(9-11-21)23(32)25-14-18-4-6-19(7-5-18)15-30-12-2-3-13-30/h4-11,17H,2-3,12-16H2,1H3,(H,25,32)(H,27,31). The van der Waals surface area contributed by atoms with Gasteiger partial charge in [0.05, 0.1) is 5.75 Å². The lowest BCUT2D eigenvalue weighted by Crippen LogP contribution is -2.23. The Bertz CT molecular complexity index is 1080. The Kier molecular flexibility index (Phi) is 7.74. The highest BCUT2D eigenvalue weighted by atomic mass is 32.2. The van der Waals surface area contributed by atoms with E-state index in [9.17, 15) is 9.59 Å². The highest BCUT2D eigenvalue weighted by Gasteiger charge is 2.12. The van der Waals surface area contributed by atoms with E-state index < -0.39 is 0 Å². The molecule has 1 saturated heterocycles. The molecular weight excluding hydrogens is 436 g/mol. The van der Waals surface area contributed by atoms with Gasteiger partial charge < -0.3 is 15.2 Å². The fourth-order valence-corrected chi connectivity index (χ4v) is 4.37. The lowest BCUT2D eigenvalue weighted by Gasteiger charge is -2.14. The van der Waals surface area contributed by atoms with Gasteiger partial charge in [-0.25, -0.2) is 0 Å². The summed E-state index contributed by atoms with van der Waals surface area (Å²) in [6.07, 6.45) is 4.18. The minimum Gasteiger partial charge on any atom is -0.348 e. The van der Waals surface area contributed by atoms with E-state index in [0.29, 0.717) is 23.0 Å². The van der Waals surface area contributed by atoms with Gasteiger partial charge in [-0.3, -0.25) is 14.5 Å². The third-order valence-corrected chi connectivity index (χ3v) is 6.55. The van der Waals surface area contributed by atoms with Crippen LogP contribution in [0.3, 0.4) is 0 Å². The van der Waals surface area contributed by atoms with E-state index in [2.05, 4.69) is 50.0 Å². The number of carbonyl (C=O) groups excluding carboxylic acids is 2. The molecule has 0 bridgehead atoms. The zero-order chi connectivity index (χ0) is 23.0. The zero-order valence-electron chi connectivity index (χ0n) is 18.7. The van der Waals surface area contributed by atoms with Crippen molar-refractivity contribution in [1.29, 1.82) is 0 Å². The number of hydrogen-bond donors (Lipinski definition) is 2. The third kappa shape index (κ3) is 6.66. The number of nitrogens with zero attached hydrogens (tertiary/aromatic N) is 4. The van der Waals surface area contributed by atoms with Gasteiger partial charge in [0.25, 0.3) is 5.91 Å². The number of carbonyl (C=O) groups is 2. The summed E-state index contributed by atoms with van der Waals surface area (Å²) >= 11 is 1.31. The number of amides is 2. The van der Waals surface area contributed by atoms with Gasteiger partial charge in [0.1, 0.15) is 6.33 Å². The summed E-state index contributed by atoms with van der Waals surface area (Å²) in [7, 11) is 1.83. The predicted octanol–water partition coefficient (Wildman–Crippen LogP) is 3.07. The first-order valence-corrected chi connectivity index (χ1v) is 12.0. The summed E-state index contributed by atoms with van der Waals surface area (Å²) in [5.41, 5.74) is 3.56. The van der Waals surface area contributed by atoms with Gasteiger partial charge in [-0.2, -0.15) is 0 Å². The van der Waals surface area contributed by atoms with E-state index in [1.165, 1.54) is 43.3 Å².